The van der Waals surface area contributed by atoms with Crippen molar-refractivity contribution in [2.24, 2.45) is 0 Å². The van der Waals surface area contributed by atoms with E-state index in [-0.39, 0.29) is 17.9 Å². The Kier molecular flexibility index (Phi) is 7.44. The molecule has 10 heteroatoms. The minimum Gasteiger partial charge on any atom is -0.507 e. The second-order valence-corrected chi connectivity index (χ2v) is 6.43. The first-order valence-corrected chi connectivity index (χ1v) is 8.64. The average molecular weight is 458 g/mol. The SMILES string of the molecule is O=C(COC(=O)c1cc(Br)ccc1O)NNC(=O)COc1ccc(Cl)cc1. The van der Waals surface area contributed by atoms with E-state index in [0.29, 0.717) is 15.2 Å². The molecule has 2 aromatic carbocycles. The number of benzene rings is 2. The molecule has 27 heavy (non-hydrogen) atoms. The van der Waals surface area contributed by atoms with Crippen molar-refractivity contribution in [2.45, 2.75) is 0 Å². The molecule has 8 nitrogen and oxygen atoms in total. The minimum absolute atomic E-state index is 0.0995. The van der Waals surface area contributed by atoms with Crippen molar-refractivity contribution in [3.63, 3.8) is 0 Å². The number of phenols is 1. The number of rotatable bonds is 6. The van der Waals surface area contributed by atoms with Gasteiger partial charge in [-0.25, -0.2) is 4.79 Å². The summed E-state index contributed by atoms with van der Waals surface area (Å²) in [6.45, 7) is -0.989. The zero-order chi connectivity index (χ0) is 19.8. The summed E-state index contributed by atoms with van der Waals surface area (Å²) in [4.78, 5) is 35.1. The van der Waals surface area contributed by atoms with Gasteiger partial charge in [-0.3, -0.25) is 20.4 Å². The van der Waals surface area contributed by atoms with Crippen LogP contribution in [0.15, 0.2) is 46.9 Å². The quantitative estimate of drug-likeness (QED) is 0.453. The number of halogens is 2. The van der Waals surface area contributed by atoms with Crippen molar-refractivity contribution in [2.75, 3.05) is 13.2 Å². The van der Waals surface area contributed by atoms with E-state index < -0.39 is 24.4 Å². The molecule has 0 radical (unpaired) electrons. The second-order valence-electron chi connectivity index (χ2n) is 5.08. The lowest BCUT2D eigenvalue weighted by Crippen LogP contribution is -2.45. The van der Waals surface area contributed by atoms with E-state index in [0.717, 1.165) is 0 Å². The molecule has 0 saturated carbocycles. The van der Waals surface area contributed by atoms with Crippen LogP contribution >= 0.6 is 27.5 Å². The number of ether oxygens (including phenoxy) is 2. The van der Waals surface area contributed by atoms with Crippen LogP contribution in [0.5, 0.6) is 11.5 Å². The van der Waals surface area contributed by atoms with Crippen LogP contribution in [0.2, 0.25) is 5.02 Å². The fraction of sp³-hybridized carbons (Fsp3) is 0.118. The molecule has 0 aliphatic heterocycles. The van der Waals surface area contributed by atoms with Crippen molar-refractivity contribution in [1.29, 1.82) is 0 Å². The van der Waals surface area contributed by atoms with Gasteiger partial charge in [0.2, 0.25) is 0 Å². The van der Waals surface area contributed by atoms with Crippen molar-refractivity contribution in [3.8, 4) is 11.5 Å². The molecule has 0 aromatic heterocycles. The standard InChI is InChI=1S/C17H14BrClN2O6/c18-10-1-6-14(22)13(7-10)17(25)27-9-16(24)21-20-15(23)8-26-12-4-2-11(19)3-5-12/h1-7,22H,8-9H2,(H,20,23)(H,21,24). The van der Waals surface area contributed by atoms with Gasteiger partial charge >= 0.3 is 5.97 Å². The van der Waals surface area contributed by atoms with Gasteiger partial charge in [0.05, 0.1) is 0 Å². The maximum atomic E-state index is 11.8. The van der Waals surface area contributed by atoms with Crippen LogP contribution in [0.4, 0.5) is 0 Å². The van der Waals surface area contributed by atoms with Crippen molar-refractivity contribution < 1.29 is 29.0 Å². The highest BCUT2D eigenvalue weighted by atomic mass is 79.9. The molecule has 2 amide bonds. The monoisotopic (exact) mass is 456 g/mol. The lowest BCUT2D eigenvalue weighted by Gasteiger charge is -2.10. The highest BCUT2D eigenvalue weighted by Crippen LogP contribution is 2.22. The van der Waals surface area contributed by atoms with Gasteiger partial charge in [-0.2, -0.15) is 0 Å². The van der Waals surface area contributed by atoms with Crippen LogP contribution in [0, 0.1) is 0 Å². The molecule has 0 saturated heterocycles. The van der Waals surface area contributed by atoms with Crippen LogP contribution in [0.3, 0.4) is 0 Å². The Bertz CT molecular complexity index is 844. The maximum absolute atomic E-state index is 11.8. The van der Waals surface area contributed by atoms with Gasteiger partial charge in [0.15, 0.2) is 13.2 Å². The number of carbonyl (C=O) groups excluding carboxylic acids is 3. The third kappa shape index (κ3) is 6.80. The smallest absolute Gasteiger partial charge is 0.342 e. The number of nitrogens with one attached hydrogen (secondary N) is 2. The predicted molar refractivity (Wildman–Crippen MR) is 99.3 cm³/mol. The Morgan fingerprint density at radius 3 is 2.30 bits per heavy atom. The largest absolute Gasteiger partial charge is 0.507 e. The molecular formula is C17H14BrClN2O6. The van der Waals surface area contributed by atoms with E-state index in [9.17, 15) is 19.5 Å². The van der Waals surface area contributed by atoms with Crippen molar-refractivity contribution >= 4 is 45.3 Å². The minimum atomic E-state index is -0.888. The van der Waals surface area contributed by atoms with Gasteiger partial charge in [-0.05, 0) is 42.5 Å². The Balaban J connectivity index is 1.70. The van der Waals surface area contributed by atoms with Crippen molar-refractivity contribution in [1.82, 2.24) is 10.9 Å². The summed E-state index contributed by atoms with van der Waals surface area (Å²) in [6, 6.07) is 10.6. The number of carbonyl (C=O) groups is 3. The summed E-state index contributed by atoms with van der Waals surface area (Å²) in [5, 5.41) is 10.1. The average Bonchev–Trinajstić information content (AvgIpc) is 2.65. The molecular weight excluding hydrogens is 444 g/mol. The van der Waals surface area contributed by atoms with Crippen LogP contribution in [0.1, 0.15) is 10.4 Å². The number of aromatic hydroxyl groups is 1. The van der Waals surface area contributed by atoms with Gasteiger partial charge in [0.25, 0.3) is 11.8 Å². The molecule has 0 heterocycles. The number of esters is 1. The third-order valence-corrected chi connectivity index (χ3v) is 3.78. The molecule has 0 atom stereocenters. The fourth-order valence-corrected chi connectivity index (χ4v) is 2.26. The summed E-state index contributed by atoms with van der Waals surface area (Å²) >= 11 is 8.89. The number of amides is 2. The Labute approximate surface area is 167 Å². The Morgan fingerprint density at radius 2 is 1.63 bits per heavy atom. The number of hydrazine groups is 1. The molecule has 0 bridgehead atoms. The van der Waals surface area contributed by atoms with Gasteiger partial charge in [-0.15, -0.1) is 0 Å². The normalized spacial score (nSPS) is 10.0. The lowest BCUT2D eigenvalue weighted by atomic mass is 10.2. The van der Waals surface area contributed by atoms with Gasteiger partial charge in [-0.1, -0.05) is 27.5 Å². The maximum Gasteiger partial charge on any atom is 0.342 e. The highest BCUT2D eigenvalue weighted by molar-refractivity contribution is 9.10. The van der Waals surface area contributed by atoms with Gasteiger partial charge < -0.3 is 14.6 Å². The lowest BCUT2D eigenvalue weighted by molar-refractivity contribution is -0.131. The first-order valence-electron chi connectivity index (χ1n) is 7.47. The third-order valence-electron chi connectivity index (χ3n) is 3.04. The van der Waals surface area contributed by atoms with E-state index >= 15 is 0 Å². The molecule has 142 valence electrons. The topological polar surface area (TPSA) is 114 Å². The van der Waals surface area contributed by atoms with Crippen LogP contribution in [-0.4, -0.2) is 36.1 Å². The first-order chi connectivity index (χ1) is 12.8. The van der Waals surface area contributed by atoms with Gasteiger partial charge in [0, 0.05) is 9.50 Å². The van der Waals surface area contributed by atoms with E-state index in [1.165, 1.54) is 12.1 Å². The summed E-state index contributed by atoms with van der Waals surface area (Å²) in [5.41, 5.74) is 4.08. The molecule has 0 aliphatic rings. The van der Waals surface area contributed by atoms with Gasteiger partial charge in [0.1, 0.15) is 17.1 Å². The molecule has 2 aromatic rings. The number of phenolic OH excluding ortho intramolecular Hbond substituents is 1. The predicted octanol–water partition coefficient (Wildman–Crippen LogP) is 2.19. The fourth-order valence-electron chi connectivity index (χ4n) is 1.77. The highest BCUT2D eigenvalue weighted by Gasteiger charge is 2.15. The van der Waals surface area contributed by atoms with Crippen LogP contribution < -0.4 is 15.6 Å². The Hall–Kier alpha value is -2.78. The summed E-state index contributed by atoms with van der Waals surface area (Å²) in [6.07, 6.45) is 0. The van der Waals surface area contributed by atoms with E-state index in [4.69, 9.17) is 21.1 Å². The summed E-state index contributed by atoms with van der Waals surface area (Å²) in [5.74, 6) is -2.12. The molecule has 0 aliphatic carbocycles. The van der Waals surface area contributed by atoms with Crippen molar-refractivity contribution in [3.05, 3.63) is 57.5 Å². The molecule has 0 unspecified atom stereocenters. The summed E-state index contributed by atoms with van der Waals surface area (Å²) < 4.78 is 10.5. The van der Waals surface area contributed by atoms with E-state index in [2.05, 4.69) is 26.8 Å². The van der Waals surface area contributed by atoms with E-state index in [1.54, 1.807) is 30.3 Å². The molecule has 0 fully saturated rings. The van der Waals surface area contributed by atoms with Crippen LogP contribution in [0.25, 0.3) is 0 Å². The first kappa shape index (κ1) is 20.5. The summed E-state index contributed by atoms with van der Waals surface area (Å²) in [7, 11) is 0. The number of hydrogen-bond donors (Lipinski definition) is 3. The zero-order valence-corrected chi connectivity index (χ0v) is 16.0. The molecule has 0 spiro atoms. The Morgan fingerprint density at radius 1 is 1.00 bits per heavy atom. The molecule has 3 N–H and O–H groups in total. The second kappa shape index (κ2) is 9.79. The molecule has 2 rings (SSSR count). The van der Waals surface area contributed by atoms with E-state index in [1.807, 2.05) is 0 Å². The van der Waals surface area contributed by atoms with Crippen LogP contribution in [-0.2, 0) is 14.3 Å². The zero-order valence-electron chi connectivity index (χ0n) is 13.7. The number of hydrogen-bond acceptors (Lipinski definition) is 6.